The number of nitrogens with zero attached hydrogens (tertiary/aromatic N) is 7. The van der Waals surface area contributed by atoms with Gasteiger partial charge in [-0.3, -0.25) is 14.4 Å². The monoisotopic (exact) mass is 493 g/mol. The third-order valence-electron chi connectivity index (χ3n) is 7.13. The Kier molecular flexibility index (Phi) is 6.07. The molecule has 4 aromatic rings. The molecule has 3 atom stereocenters. The molecule has 1 aliphatic rings. The van der Waals surface area contributed by atoms with Crippen LogP contribution in [0.2, 0.25) is 0 Å². The lowest BCUT2D eigenvalue weighted by Gasteiger charge is -2.48. The van der Waals surface area contributed by atoms with Crippen LogP contribution in [0, 0.1) is 16.5 Å². The van der Waals surface area contributed by atoms with E-state index < -0.39 is 0 Å². The fraction of sp³-hybridized carbons (Fsp3) is 0.440. The molecule has 5 rings (SSSR count). The minimum Gasteiger partial charge on any atom is -0.364 e. The second-order valence-electron chi connectivity index (χ2n) is 9.26. The lowest BCUT2D eigenvalue weighted by molar-refractivity contribution is 0.104. The molecule has 0 bridgehead atoms. The van der Waals surface area contributed by atoms with E-state index in [2.05, 4.69) is 41.7 Å². The van der Waals surface area contributed by atoms with Crippen molar-refractivity contribution in [2.24, 2.45) is 7.05 Å². The van der Waals surface area contributed by atoms with Crippen molar-refractivity contribution < 1.29 is 4.39 Å². The lowest BCUT2D eigenvalue weighted by Crippen LogP contribution is -2.58. The number of anilines is 1. The van der Waals surface area contributed by atoms with Gasteiger partial charge in [0.15, 0.2) is 5.13 Å². The first-order chi connectivity index (χ1) is 16.8. The van der Waals surface area contributed by atoms with Gasteiger partial charge in [-0.2, -0.15) is 14.8 Å². The van der Waals surface area contributed by atoms with Crippen LogP contribution in [0.3, 0.4) is 0 Å². The molecule has 0 N–H and O–H groups in total. The van der Waals surface area contributed by atoms with Gasteiger partial charge in [-0.1, -0.05) is 18.3 Å². The Balaban J connectivity index is 1.48. The molecule has 0 aliphatic carbocycles. The number of halogens is 1. The van der Waals surface area contributed by atoms with Crippen molar-refractivity contribution in [2.75, 3.05) is 18.0 Å². The SMILES string of the molecule is CC[C@@H]1CN(c2cc(=O)n(C)c3cn(CC#N)nc23)[C@@H](C)CN1C(C)c1ccc2cc(F)sc2n1. The summed E-state index contributed by atoms with van der Waals surface area (Å²) in [5.74, 6) is 0. The van der Waals surface area contributed by atoms with Crippen LogP contribution >= 0.6 is 11.3 Å². The van der Waals surface area contributed by atoms with E-state index in [9.17, 15) is 9.18 Å². The number of rotatable bonds is 5. The van der Waals surface area contributed by atoms with Crippen molar-refractivity contribution in [2.45, 2.75) is 51.9 Å². The molecule has 0 saturated carbocycles. The fourth-order valence-corrected chi connectivity index (χ4v) is 5.92. The highest BCUT2D eigenvalue weighted by Gasteiger charge is 2.35. The Morgan fingerprint density at radius 2 is 2.11 bits per heavy atom. The van der Waals surface area contributed by atoms with Crippen LogP contribution in [0.25, 0.3) is 21.3 Å². The van der Waals surface area contributed by atoms with Crippen molar-refractivity contribution in [1.82, 2.24) is 24.2 Å². The average Bonchev–Trinajstić information content (AvgIpc) is 3.43. The predicted molar refractivity (Wildman–Crippen MR) is 136 cm³/mol. The van der Waals surface area contributed by atoms with Gasteiger partial charge in [-0.15, -0.1) is 0 Å². The molecule has 182 valence electrons. The first-order valence-corrected chi connectivity index (χ1v) is 12.6. The zero-order chi connectivity index (χ0) is 24.9. The average molecular weight is 494 g/mol. The van der Waals surface area contributed by atoms with Gasteiger partial charge in [0.1, 0.15) is 16.9 Å². The molecule has 10 heteroatoms. The number of hydrogen-bond acceptors (Lipinski definition) is 7. The molecule has 5 heterocycles. The zero-order valence-electron chi connectivity index (χ0n) is 20.3. The van der Waals surface area contributed by atoms with Crippen LogP contribution in [-0.4, -0.2) is 49.4 Å². The summed E-state index contributed by atoms with van der Waals surface area (Å²) < 4.78 is 16.9. The van der Waals surface area contributed by atoms with E-state index in [0.29, 0.717) is 0 Å². The summed E-state index contributed by atoms with van der Waals surface area (Å²) in [4.78, 5) is 23.0. The van der Waals surface area contributed by atoms with Gasteiger partial charge in [0.25, 0.3) is 5.56 Å². The summed E-state index contributed by atoms with van der Waals surface area (Å²) in [6.45, 7) is 8.14. The van der Waals surface area contributed by atoms with Crippen LogP contribution < -0.4 is 10.5 Å². The smallest absolute Gasteiger partial charge is 0.252 e. The van der Waals surface area contributed by atoms with Crippen LogP contribution in [0.5, 0.6) is 0 Å². The van der Waals surface area contributed by atoms with Gasteiger partial charge in [0, 0.05) is 49.7 Å². The first-order valence-electron chi connectivity index (χ1n) is 11.8. The van der Waals surface area contributed by atoms with Gasteiger partial charge in [0.05, 0.1) is 29.2 Å². The second-order valence-corrected chi connectivity index (χ2v) is 10.2. The molecule has 8 nitrogen and oxygen atoms in total. The minimum atomic E-state index is -0.219. The maximum atomic E-state index is 13.7. The summed E-state index contributed by atoms with van der Waals surface area (Å²) in [6.07, 6.45) is 2.69. The minimum absolute atomic E-state index is 0.0672. The summed E-state index contributed by atoms with van der Waals surface area (Å²) >= 11 is 1.08. The molecule has 35 heavy (non-hydrogen) atoms. The number of pyridine rings is 2. The van der Waals surface area contributed by atoms with Crippen LogP contribution in [0.15, 0.2) is 35.3 Å². The Labute approximate surface area is 206 Å². The van der Waals surface area contributed by atoms with Gasteiger partial charge < -0.3 is 9.47 Å². The van der Waals surface area contributed by atoms with E-state index in [1.54, 1.807) is 28.6 Å². The molecule has 1 fully saturated rings. The molecule has 0 radical (unpaired) electrons. The third kappa shape index (κ3) is 4.09. The van der Waals surface area contributed by atoms with Crippen molar-refractivity contribution in [3.63, 3.8) is 0 Å². The summed E-state index contributed by atoms with van der Waals surface area (Å²) in [5.41, 5.74) is 3.11. The lowest BCUT2D eigenvalue weighted by atomic mass is 10.00. The highest BCUT2D eigenvalue weighted by atomic mass is 32.1. The highest BCUT2D eigenvalue weighted by molar-refractivity contribution is 7.17. The molecule has 1 saturated heterocycles. The number of hydrogen-bond donors (Lipinski definition) is 0. The summed E-state index contributed by atoms with van der Waals surface area (Å²) in [5, 5.41) is 14.4. The Morgan fingerprint density at radius 3 is 2.86 bits per heavy atom. The number of aryl methyl sites for hydroxylation is 1. The second kappa shape index (κ2) is 9.06. The fourth-order valence-electron chi connectivity index (χ4n) is 5.15. The largest absolute Gasteiger partial charge is 0.364 e. The van der Waals surface area contributed by atoms with E-state index in [1.807, 2.05) is 12.1 Å². The number of fused-ring (bicyclic) bond motifs is 2. The maximum Gasteiger partial charge on any atom is 0.252 e. The van der Waals surface area contributed by atoms with Gasteiger partial charge >= 0.3 is 0 Å². The molecule has 0 amide bonds. The quantitative estimate of drug-likeness (QED) is 0.417. The summed E-state index contributed by atoms with van der Waals surface area (Å²) in [7, 11) is 1.73. The predicted octanol–water partition coefficient (Wildman–Crippen LogP) is 4.06. The van der Waals surface area contributed by atoms with Crippen molar-refractivity contribution in [3.8, 4) is 6.07 Å². The standard InChI is InChI=1S/C25H28FN7OS/c1-5-18-13-32(20-11-23(34)30(4)21-14-31(9-8-27)29-24(20)21)15(2)12-33(18)16(3)19-7-6-17-10-22(26)35-25(17)28-19/h6-7,10-11,14-16,18H,5,9,12-13H2,1-4H3/t15-,16?,18+/m0/s1. The van der Waals surface area contributed by atoms with Crippen molar-refractivity contribution >= 4 is 38.3 Å². The Hall–Kier alpha value is -3.29. The van der Waals surface area contributed by atoms with E-state index >= 15 is 0 Å². The van der Waals surface area contributed by atoms with E-state index in [4.69, 9.17) is 10.2 Å². The van der Waals surface area contributed by atoms with Crippen molar-refractivity contribution in [1.29, 1.82) is 5.26 Å². The molecule has 4 aromatic heterocycles. The topological polar surface area (TPSA) is 83.0 Å². The zero-order valence-corrected chi connectivity index (χ0v) is 21.1. The molecular weight excluding hydrogens is 465 g/mol. The molecule has 0 aromatic carbocycles. The number of piperazine rings is 1. The van der Waals surface area contributed by atoms with Crippen molar-refractivity contribution in [3.05, 3.63) is 51.6 Å². The van der Waals surface area contributed by atoms with Gasteiger partial charge in [-0.25, -0.2) is 4.98 Å². The maximum absolute atomic E-state index is 13.7. The molecule has 1 aliphatic heterocycles. The number of nitriles is 1. The van der Waals surface area contributed by atoms with E-state index in [1.165, 1.54) is 6.07 Å². The molecule has 0 spiro atoms. The first kappa shape index (κ1) is 23.5. The highest BCUT2D eigenvalue weighted by Crippen LogP contribution is 2.34. The summed E-state index contributed by atoms with van der Waals surface area (Å²) in [6, 6.07) is 9.67. The van der Waals surface area contributed by atoms with E-state index in [-0.39, 0.29) is 35.4 Å². The van der Waals surface area contributed by atoms with Gasteiger partial charge in [-0.05, 0) is 38.5 Å². The molecular formula is C25H28FN7OS. The Bertz CT molecular complexity index is 1500. The molecule has 1 unspecified atom stereocenters. The third-order valence-corrected chi connectivity index (χ3v) is 7.97. The Morgan fingerprint density at radius 1 is 1.31 bits per heavy atom. The number of aromatic nitrogens is 4. The van der Waals surface area contributed by atoms with Crippen LogP contribution in [0.1, 0.15) is 38.9 Å². The van der Waals surface area contributed by atoms with Gasteiger partial charge in [0.2, 0.25) is 0 Å². The normalized spacial score (nSPS) is 19.9. The van der Waals surface area contributed by atoms with Crippen LogP contribution in [-0.2, 0) is 13.6 Å². The number of thiophene rings is 1. The van der Waals surface area contributed by atoms with Crippen LogP contribution in [0.4, 0.5) is 10.1 Å². The van der Waals surface area contributed by atoms with E-state index in [0.717, 1.165) is 63.5 Å².